The molecule has 1 fully saturated rings. The number of aliphatic hydroxyl groups is 1. The summed E-state index contributed by atoms with van der Waals surface area (Å²) in [5.41, 5.74) is 0.508. The third kappa shape index (κ3) is 4.96. The average molecular weight is 302 g/mol. The molecular weight excluding hydrogens is 281 g/mol. The lowest BCUT2D eigenvalue weighted by atomic mass is 9.94. The molecule has 1 aromatic carbocycles. The van der Waals surface area contributed by atoms with E-state index in [-0.39, 0.29) is 0 Å². The second-order valence-electron chi connectivity index (χ2n) is 5.52. The van der Waals surface area contributed by atoms with Gasteiger partial charge in [-0.3, -0.25) is 0 Å². The Balaban J connectivity index is 1.85. The Bertz CT molecular complexity index is 394. The molecule has 4 heteroatoms. The zero-order valence-corrected chi connectivity index (χ0v) is 12.6. The largest absolute Gasteiger partial charge is 0.389 e. The summed E-state index contributed by atoms with van der Waals surface area (Å²) in [4.78, 5) is 0. The fourth-order valence-electron chi connectivity index (χ4n) is 2.72. The maximum absolute atomic E-state index is 10.5. The van der Waals surface area contributed by atoms with E-state index in [1.54, 1.807) is 6.07 Å². The van der Waals surface area contributed by atoms with Crippen molar-refractivity contribution in [3.8, 4) is 0 Å². The van der Waals surface area contributed by atoms with E-state index in [2.05, 4.69) is 5.32 Å². The van der Waals surface area contributed by atoms with Gasteiger partial charge >= 0.3 is 0 Å². The van der Waals surface area contributed by atoms with Crippen LogP contribution >= 0.6 is 23.2 Å². The van der Waals surface area contributed by atoms with Crippen molar-refractivity contribution >= 4 is 23.2 Å². The summed E-state index contributed by atoms with van der Waals surface area (Å²) in [5, 5.41) is 15.2. The molecule has 2 rings (SSSR count). The van der Waals surface area contributed by atoms with Crippen molar-refractivity contribution in [3.05, 3.63) is 33.8 Å². The minimum absolute atomic E-state index is 0.543. The Morgan fingerprint density at radius 3 is 2.16 bits per heavy atom. The highest BCUT2D eigenvalue weighted by Crippen LogP contribution is 2.26. The van der Waals surface area contributed by atoms with Crippen LogP contribution in [0.25, 0.3) is 0 Å². The number of benzene rings is 1. The van der Waals surface area contributed by atoms with Crippen molar-refractivity contribution in [1.29, 1.82) is 0 Å². The summed E-state index contributed by atoms with van der Waals surface area (Å²) < 4.78 is 0. The minimum atomic E-state index is -0.543. The number of nitrogens with one attached hydrogen (secondary N) is 1. The van der Waals surface area contributed by atoms with Crippen molar-refractivity contribution < 1.29 is 5.11 Å². The summed E-state index contributed by atoms with van der Waals surface area (Å²) in [6, 6.07) is 5.53. The Morgan fingerprint density at radius 1 is 1.00 bits per heavy atom. The van der Waals surface area contributed by atoms with Gasteiger partial charge in [-0.25, -0.2) is 0 Å². The van der Waals surface area contributed by atoms with Crippen molar-refractivity contribution in [2.24, 2.45) is 0 Å². The maximum atomic E-state index is 10.5. The van der Waals surface area contributed by atoms with Crippen LogP contribution in [0.15, 0.2) is 18.2 Å². The molecule has 1 aromatic rings. The van der Waals surface area contributed by atoms with Gasteiger partial charge in [0.05, 0.1) is 5.60 Å². The SMILES string of the molecule is OC1(CNCc2cc(Cl)cc(Cl)c2)CCCCCC1. The van der Waals surface area contributed by atoms with Crippen molar-refractivity contribution in [2.45, 2.75) is 50.7 Å². The van der Waals surface area contributed by atoms with Crippen LogP contribution < -0.4 is 5.32 Å². The van der Waals surface area contributed by atoms with Gasteiger partial charge in [0.1, 0.15) is 0 Å². The molecule has 0 saturated heterocycles. The topological polar surface area (TPSA) is 32.3 Å². The molecule has 0 aliphatic heterocycles. The van der Waals surface area contributed by atoms with E-state index in [9.17, 15) is 5.11 Å². The Labute approximate surface area is 125 Å². The molecule has 0 spiro atoms. The Morgan fingerprint density at radius 2 is 1.58 bits per heavy atom. The standard InChI is InChI=1S/C15H21Cl2NO/c16-13-7-12(8-14(17)9-13)10-18-11-15(19)5-3-1-2-4-6-15/h7-9,18-19H,1-6,10-11H2. The average Bonchev–Trinajstić information content (AvgIpc) is 2.53. The van der Waals surface area contributed by atoms with E-state index >= 15 is 0 Å². The first-order valence-corrected chi connectivity index (χ1v) is 7.71. The first-order valence-electron chi connectivity index (χ1n) is 6.95. The van der Waals surface area contributed by atoms with E-state index < -0.39 is 5.60 Å². The van der Waals surface area contributed by atoms with Crippen LogP contribution in [0.4, 0.5) is 0 Å². The van der Waals surface area contributed by atoms with Crippen LogP contribution in [-0.2, 0) is 6.54 Å². The van der Waals surface area contributed by atoms with E-state index in [0.29, 0.717) is 23.1 Å². The third-order valence-electron chi connectivity index (χ3n) is 3.74. The third-order valence-corrected chi connectivity index (χ3v) is 4.18. The van der Waals surface area contributed by atoms with Crippen LogP contribution in [0.2, 0.25) is 10.0 Å². The zero-order valence-electron chi connectivity index (χ0n) is 11.1. The quantitative estimate of drug-likeness (QED) is 0.818. The van der Waals surface area contributed by atoms with Gasteiger partial charge in [0.15, 0.2) is 0 Å². The number of halogens is 2. The van der Waals surface area contributed by atoms with Gasteiger partial charge in [0.2, 0.25) is 0 Å². The smallest absolute Gasteiger partial charge is 0.0771 e. The van der Waals surface area contributed by atoms with E-state index in [0.717, 1.165) is 31.2 Å². The Hall–Kier alpha value is -0.280. The van der Waals surface area contributed by atoms with Gasteiger partial charge in [0.25, 0.3) is 0 Å². The van der Waals surface area contributed by atoms with Gasteiger partial charge in [-0.15, -0.1) is 0 Å². The van der Waals surface area contributed by atoms with Gasteiger partial charge in [-0.05, 0) is 36.6 Å². The molecule has 106 valence electrons. The molecule has 1 aliphatic rings. The molecule has 19 heavy (non-hydrogen) atoms. The monoisotopic (exact) mass is 301 g/mol. The lowest BCUT2D eigenvalue weighted by Crippen LogP contribution is -2.39. The molecule has 2 N–H and O–H groups in total. The maximum Gasteiger partial charge on any atom is 0.0771 e. The number of hydrogen-bond donors (Lipinski definition) is 2. The molecule has 0 atom stereocenters. The molecule has 2 nitrogen and oxygen atoms in total. The fourth-order valence-corrected chi connectivity index (χ4v) is 3.29. The predicted molar refractivity (Wildman–Crippen MR) is 80.8 cm³/mol. The van der Waals surface area contributed by atoms with Gasteiger partial charge in [0, 0.05) is 23.1 Å². The summed E-state index contributed by atoms with van der Waals surface area (Å²) in [6.45, 7) is 1.32. The highest BCUT2D eigenvalue weighted by molar-refractivity contribution is 6.34. The van der Waals surface area contributed by atoms with Crippen molar-refractivity contribution in [2.75, 3.05) is 6.54 Å². The van der Waals surface area contributed by atoms with Crippen molar-refractivity contribution in [3.63, 3.8) is 0 Å². The van der Waals surface area contributed by atoms with E-state index in [1.807, 2.05) is 12.1 Å². The molecule has 1 saturated carbocycles. The lowest BCUT2D eigenvalue weighted by molar-refractivity contribution is 0.0250. The number of hydrogen-bond acceptors (Lipinski definition) is 2. The van der Waals surface area contributed by atoms with Crippen LogP contribution in [-0.4, -0.2) is 17.3 Å². The second-order valence-corrected chi connectivity index (χ2v) is 6.39. The summed E-state index contributed by atoms with van der Waals surface area (Å²) in [7, 11) is 0. The van der Waals surface area contributed by atoms with Gasteiger partial charge in [-0.2, -0.15) is 0 Å². The molecule has 0 unspecified atom stereocenters. The number of rotatable bonds is 4. The molecule has 1 aliphatic carbocycles. The highest BCUT2D eigenvalue weighted by Gasteiger charge is 2.27. The predicted octanol–water partition coefficient (Wildman–Crippen LogP) is 4.17. The summed E-state index contributed by atoms with van der Waals surface area (Å²) in [5.74, 6) is 0. The molecule has 0 radical (unpaired) electrons. The highest BCUT2D eigenvalue weighted by atomic mass is 35.5. The first kappa shape index (κ1) is 15.1. The molecule has 0 amide bonds. The zero-order chi connectivity index (χ0) is 13.7. The van der Waals surface area contributed by atoms with Gasteiger partial charge in [-0.1, -0.05) is 48.9 Å². The molecule has 0 bridgehead atoms. The molecule has 0 aromatic heterocycles. The van der Waals surface area contributed by atoms with Crippen LogP contribution in [0.1, 0.15) is 44.1 Å². The first-order chi connectivity index (χ1) is 9.07. The summed E-state index contributed by atoms with van der Waals surface area (Å²) in [6.07, 6.45) is 6.54. The van der Waals surface area contributed by atoms with E-state index in [4.69, 9.17) is 23.2 Å². The minimum Gasteiger partial charge on any atom is -0.389 e. The van der Waals surface area contributed by atoms with Gasteiger partial charge < -0.3 is 10.4 Å². The fraction of sp³-hybridized carbons (Fsp3) is 0.600. The normalized spacial score (nSPS) is 19.1. The second kappa shape index (κ2) is 6.94. The molecule has 0 heterocycles. The Kier molecular flexibility index (Phi) is 5.52. The van der Waals surface area contributed by atoms with Crippen molar-refractivity contribution in [1.82, 2.24) is 5.32 Å². The van der Waals surface area contributed by atoms with E-state index in [1.165, 1.54) is 12.8 Å². The van der Waals surface area contributed by atoms with Crippen LogP contribution in [0.3, 0.4) is 0 Å². The molecular formula is C15H21Cl2NO. The summed E-state index contributed by atoms with van der Waals surface area (Å²) >= 11 is 11.9. The lowest BCUT2D eigenvalue weighted by Gasteiger charge is -2.27. The van der Waals surface area contributed by atoms with Crippen LogP contribution in [0.5, 0.6) is 0 Å². The van der Waals surface area contributed by atoms with Crippen LogP contribution in [0, 0.1) is 0 Å².